The third-order valence-electron chi connectivity index (χ3n) is 4.65. The first-order valence-electron chi connectivity index (χ1n) is 9.93. The summed E-state index contributed by atoms with van der Waals surface area (Å²) < 4.78 is 31.7. The van der Waals surface area contributed by atoms with Crippen molar-refractivity contribution in [3.05, 3.63) is 47.3 Å². The number of hydrogen-bond donors (Lipinski definition) is 3. The zero-order chi connectivity index (χ0) is 21.3. The molecule has 0 saturated heterocycles. The van der Waals surface area contributed by atoms with Gasteiger partial charge in [-0.15, -0.1) is 24.0 Å². The molecule has 0 atom stereocenters. The second-order valence-corrected chi connectivity index (χ2v) is 8.52. The number of guanidine groups is 1. The maximum absolute atomic E-state index is 12.0. The molecule has 30 heavy (non-hydrogen) atoms. The van der Waals surface area contributed by atoms with Gasteiger partial charge in [-0.3, -0.25) is 0 Å². The van der Waals surface area contributed by atoms with E-state index in [1.54, 1.807) is 18.2 Å². The van der Waals surface area contributed by atoms with Crippen LogP contribution in [0, 0.1) is 0 Å². The molecule has 0 aliphatic rings. The maximum Gasteiger partial charge on any atom is 0.240 e. The Balaban J connectivity index is 0.00000450. The van der Waals surface area contributed by atoms with E-state index in [1.807, 2.05) is 19.1 Å². The minimum Gasteiger partial charge on any atom is -0.359 e. The van der Waals surface area contributed by atoms with Gasteiger partial charge in [0.15, 0.2) is 11.7 Å². The van der Waals surface area contributed by atoms with Gasteiger partial charge in [-0.05, 0) is 44.5 Å². The Hall–Kier alpha value is -1.66. The number of benzene rings is 1. The van der Waals surface area contributed by atoms with Gasteiger partial charge < -0.3 is 15.2 Å². The lowest BCUT2D eigenvalue weighted by Crippen LogP contribution is -2.36. The lowest BCUT2D eigenvalue weighted by atomic mass is 9.99. The van der Waals surface area contributed by atoms with Crippen LogP contribution in [-0.4, -0.2) is 33.1 Å². The van der Waals surface area contributed by atoms with Gasteiger partial charge in [0.1, 0.15) is 0 Å². The van der Waals surface area contributed by atoms with Gasteiger partial charge in [-0.1, -0.05) is 31.1 Å². The Labute approximate surface area is 196 Å². The highest BCUT2D eigenvalue weighted by Gasteiger charge is 2.13. The van der Waals surface area contributed by atoms with E-state index in [-0.39, 0.29) is 28.9 Å². The summed E-state index contributed by atoms with van der Waals surface area (Å²) >= 11 is 0. The van der Waals surface area contributed by atoms with Crippen LogP contribution >= 0.6 is 24.0 Å². The number of aromatic nitrogens is 1. The van der Waals surface area contributed by atoms with Gasteiger partial charge in [0.25, 0.3) is 0 Å². The molecule has 0 fully saturated rings. The topological polar surface area (TPSA) is 109 Å². The van der Waals surface area contributed by atoms with E-state index in [0.717, 1.165) is 29.9 Å². The number of hydrogen-bond acceptors (Lipinski definition) is 5. The monoisotopic (exact) mass is 549 g/mol. The molecule has 2 aromatic rings. The van der Waals surface area contributed by atoms with E-state index in [0.29, 0.717) is 31.5 Å². The first-order chi connectivity index (χ1) is 13.9. The fraction of sp³-hybridized carbons (Fsp3) is 0.500. The Morgan fingerprint density at radius 3 is 2.53 bits per heavy atom. The van der Waals surface area contributed by atoms with E-state index < -0.39 is 10.0 Å². The van der Waals surface area contributed by atoms with Crippen LogP contribution in [0.1, 0.15) is 56.5 Å². The Morgan fingerprint density at radius 2 is 1.90 bits per heavy atom. The number of aliphatic imine (C=N–C) groups is 1. The summed E-state index contributed by atoms with van der Waals surface area (Å²) in [6.45, 7) is 7.79. The van der Waals surface area contributed by atoms with Crippen molar-refractivity contribution in [1.82, 2.24) is 20.5 Å². The van der Waals surface area contributed by atoms with Crippen LogP contribution in [0.2, 0.25) is 0 Å². The van der Waals surface area contributed by atoms with Crippen molar-refractivity contribution in [1.29, 1.82) is 0 Å². The SMILES string of the molecule is CCNC(=NCc1cccc(S(=O)(=O)NC)c1)NCc1cc(C(CC)CC)no1.I. The number of halogens is 1. The molecule has 1 aromatic carbocycles. The predicted octanol–water partition coefficient (Wildman–Crippen LogP) is 3.36. The minimum absolute atomic E-state index is 0. The molecule has 0 bridgehead atoms. The second-order valence-electron chi connectivity index (χ2n) is 6.64. The number of nitrogens with one attached hydrogen (secondary N) is 3. The molecule has 0 unspecified atom stereocenters. The molecule has 10 heteroatoms. The molecular formula is C20H32IN5O3S. The lowest BCUT2D eigenvalue weighted by Gasteiger charge is -2.10. The molecule has 1 heterocycles. The quantitative estimate of drug-likeness (QED) is 0.238. The number of rotatable bonds is 10. The van der Waals surface area contributed by atoms with Crippen molar-refractivity contribution in [2.45, 2.75) is 57.5 Å². The van der Waals surface area contributed by atoms with Crippen LogP contribution in [0.4, 0.5) is 0 Å². The fourth-order valence-electron chi connectivity index (χ4n) is 2.92. The van der Waals surface area contributed by atoms with Crippen molar-refractivity contribution >= 4 is 40.0 Å². The van der Waals surface area contributed by atoms with Gasteiger partial charge >= 0.3 is 0 Å². The third-order valence-corrected chi connectivity index (χ3v) is 6.06. The fourth-order valence-corrected chi connectivity index (χ4v) is 3.72. The molecule has 0 spiro atoms. The van der Waals surface area contributed by atoms with E-state index >= 15 is 0 Å². The van der Waals surface area contributed by atoms with E-state index in [1.165, 1.54) is 7.05 Å². The van der Waals surface area contributed by atoms with E-state index in [4.69, 9.17) is 4.52 Å². The molecule has 1 aromatic heterocycles. The highest BCUT2D eigenvalue weighted by molar-refractivity contribution is 14.0. The van der Waals surface area contributed by atoms with Gasteiger partial charge in [0.05, 0.1) is 23.7 Å². The first kappa shape index (κ1) is 26.4. The zero-order valence-corrected chi connectivity index (χ0v) is 21.1. The summed E-state index contributed by atoms with van der Waals surface area (Å²) in [7, 11) is -2.08. The standard InChI is InChI=1S/C20H31N5O3S.HI/c1-5-16(6-2)19-12-17(28-25-19)14-24-20(22-7-3)23-13-15-9-8-10-18(11-15)29(26,27)21-4;/h8-12,16,21H,5-7,13-14H2,1-4H3,(H2,22,23,24);1H. The Kier molecular flexibility index (Phi) is 11.3. The normalized spacial score (nSPS) is 12.0. The Morgan fingerprint density at radius 1 is 1.17 bits per heavy atom. The summed E-state index contributed by atoms with van der Waals surface area (Å²) in [5.74, 6) is 1.78. The second kappa shape index (κ2) is 12.9. The van der Waals surface area contributed by atoms with Crippen LogP contribution in [0.15, 0.2) is 44.7 Å². The number of sulfonamides is 1. The summed E-state index contributed by atoms with van der Waals surface area (Å²) in [5, 5.41) is 10.6. The van der Waals surface area contributed by atoms with Crippen LogP contribution in [-0.2, 0) is 23.1 Å². The molecule has 8 nitrogen and oxygen atoms in total. The van der Waals surface area contributed by atoms with Crippen LogP contribution in [0.5, 0.6) is 0 Å². The first-order valence-corrected chi connectivity index (χ1v) is 11.4. The van der Waals surface area contributed by atoms with Crippen molar-refractivity contribution in [2.75, 3.05) is 13.6 Å². The summed E-state index contributed by atoms with van der Waals surface area (Å²) in [6.07, 6.45) is 2.06. The molecule has 0 aliphatic carbocycles. The van der Waals surface area contributed by atoms with Gasteiger partial charge in [-0.2, -0.15) is 0 Å². The van der Waals surface area contributed by atoms with Crippen LogP contribution in [0.3, 0.4) is 0 Å². The molecule has 2 rings (SSSR count). The average Bonchev–Trinajstić information content (AvgIpc) is 3.20. The molecule has 0 amide bonds. The average molecular weight is 549 g/mol. The molecule has 168 valence electrons. The molecular weight excluding hydrogens is 517 g/mol. The van der Waals surface area contributed by atoms with E-state index in [9.17, 15) is 8.42 Å². The Bertz CT molecular complexity index is 911. The van der Waals surface area contributed by atoms with Crippen LogP contribution < -0.4 is 15.4 Å². The smallest absolute Gasteiger partial charge is 0.240 e. The van der Waals surface area contributed by atoms with Crippen LogP contribution in [0.25, 0.3) is 0 Å². The van der Waals surface area contributed by atoms with Crippen molar-refractivity contribution in [2.24, 2.45) is 4.99 Å². The largest absolute Gasteiger partial charge is 0.359 e. The van der Waals surface area contributed by atoms with E-state index in [2.05, 4.69) is 39.4 Å². The number of nitrogens with zero attached hydrogens (tertiary/aromatic N) is 2. The summed E-state index contributed by atoms with van der Waals surface area (Å²) in [4.78, 5) is 4.76. The minimum atomic E-state index is -3.47. The van der Waals surface area contributed by atoms with Crippen molar-refractivity contribution in [3.8, 4) is 0 Å². The van der Waals surface area contributed by atoms with Gasteiger partial charge in [0, 0.05) is 18.5 Å². The van der Waals surface area contributed by atoms with Gasteiger partial charge in [0.2, 0.25) is 10.0 Å². The zero-order valence-electron chi connectivity index (χ0n) is 17.9. The maximum atomic E-state index is 12.0. The molecule has 0 saturated carbocycles. The summed E-state index contributed by atoms with van der Waals surface area (Å²) in [5.41, 5.74) is 1.78. The highest BCUT2D eigenvalue weighted by atomic mass is 127. The predicted molar refractivity (Wildman–Crippen MR) is 130 cm³/mol. The van der Waals surface area contributed by atoms with Crippen molar-refractivity contribution in [3.63, 3.8) is 0 Å². The molecule has 0 radical (unpaired) electrons. The van der Waals surface area contributed by atoms with Crippen molar-refractivity contribution < 1.29 is 12.9 Å². The van der Waals surface area contributed by atoms with Gasteiger partial charge in [-0.25, -0.2) is 18.1 Å². The molecule has 0 aliphatic heterocycles. The highest BCUT2D eigenvalue weighted by Crippen LogP contribution is 2.22. The summed E-state index contributed by atoms with van der Waals surface area (Å²) in [6, 6.07) is 8.73. The molecule has 3 N–H and O–H groups in total. The third kappa shape index (κ3) is 7.55. The lowest BCUT2D eigenvalue weighted by molar-refractivity contribution is 0.368.